The van der Waals surface area contributed by atoms with Crippen LogP contribution in [0.15, 0.2) is 48.5 Å². The highest BCUT2D eigenvalue weighted by Crippen LogP contribution is 2.25. The lowest BCUT2D eigenvalue weighted by atomic mass is 9.97. The zero-order chi connectivity index (χ0) is 15.0. The molecule has 1 heterocycles. The molecule has 0 amide bonds. The summed E-state index contributed by atoms with van der Waals surface area (Å²) in [6.07, 6.45) is 0. The van der Waals surface area contributed by atoms with Crippen molar-refractivity contribution >= 4 is 10.9 Å². The molecule has 2 N–H and O–H groups in total. The number of halogens is 1. The van der Waals surface area contributed by atoms with E-state index < -0.39 is 6.04 Å². The second-order valence-corrected chi connectivity index (χ2v) is 5.41. The SMILES string of the molecule is Cc1ccc(C(N)c2ccc3nc(C)ccc3c2)c(F)c1. The molecule has 0 aliphatic heterocycles. The van der Waals surface area contributed by atoms with Gasteiger partial charge in [0, 0.05) is 16.6 Å². The second-order valence-electron chi connectivity index (χ2n) is 5.41. The fourth-order valence-corrected chi connectivity index (χ4v) is 2.50. The molecule has 0 fully saturated rings. The number of rotatable bonds is 2. The zero-order valence-electron chi connectivity index (χ0n) is 12.1. The number of aryl methyl sites for hydroxylation is 2. The zero-order valence-corrected chi connectivity index (χ0v) is 12.1. The Morgan fingerprint density at radius 1 is 1.00 bits per heavy atom. The van der Waals surface area contributed by atoms with Crippen molar-refractivity contribution < 1.29 is 4.39 Å². The van der Waals surface area contributed by atoms with Gasteiger partial charge in [-0.3, -0.25) is 4.98 Å². The number of hydrogen-bond acceptors (Lipinski definition) is 2. The van der Waals surface area contributed by atoms with Crippen molar-refractivity contribution in [1.29, 1.82) is 0 Å². The van der Waals surface area contributed by atoms with Gasteiger partial charge in [-0.15, -0.1) is 0 Å². The topological polar surface area (TPSA) is 38.9 Å². The highest BCUT2D eigenvalue weighted by atomic mass is 19.1. The number of nitrogens with two attached hydrogens (primary N) is 1. The van der Waals surface area contributed by atoms with E-state index in [1.807, 2.05) is 50.2 Å². The van der Waals surface area contributed by atoms with Crippen LogP contribution < -0.4 is 5.73 Å². The van der Waals surface area contributed by atoms with Gasteiger partial charge in [0.1, 0.15) is 5.82 Å². The second kappa shape index (κ2) is 5.26. The summed E-state index contributed by atoms with van der Waals surface area (Å²) < 4.78 is 14.1. The van der Waals surface area contributed by atoms with Crippen LogP contribution in [-0.2, 0) is 0 Å². The molecule has 106 valence electrons. The summed E-state index contributed by atoms with van der Waals surface area (Å²) in [5.41, 5.74) is 10.4. The molecule has 2 nitrogen and oxygen atoms in total. The normalized spacial score (nSPS) is 12.6. The van der Waals surface area contributed by atoms with E-state index in [4.69, 9.17) is 5.73 Å². The van der Waals surface area contributed by atoms with Crippen LogP contribution in [0, 0.1) is 19.7 Å². The van der Waals surface area contributed by atoms with Crippen LogP contribution in [0.4, 0.5) is 4.39 Å². The van der Waals surface area contributed by atoms with E-state index in [1.54, 1.807) is 6.07 Å². The van der Waals surface area contributed by atoms with E-state index in [2.05, 4.69) is 4.98 Å². The molecule has 0 saturated carbocycles. The molecule has 0 aliphatic carbocycles. The van der Waals surface area contributed by atoms with Crippen molar-refractivity contribution in [2.45, 2.75) is 19.9 Å². The fraction of sp³-hybridized carbons (Fsp3) is 0.167. The number of pyridine rings is 1. The Kier molecular flexibility index (Phi) is 3.43. The molecule has 21 heavy (non-hydrogen) atoms. The molecular weight excluding hydrogens is 263 g/mol. The largest absolute Gasteiger partial charge is 0.320 e. The van der Waals surface area contributed by atoms with Crippen LogP contribution in [-0.4, -0.2) is 4.98 Å². The van der Waals surface area contributed by atoms with Gasteiger partial charge in [0.05, 0.1) is 11.6 Å². The van der Waals surface area contributed by atoms with Crippen molar-refractivity contribution in [2.75, 3.05) is 0 Å². The van der Waals surface area contributed by atoms with E-state index in [9.17, 15) is 4.39 Å². The van der Waals surface area contributed by atoms with Gasteiger partial charge in [-0.1, -0.05) is 24.3 Å². The third kappa shape index (κ3) is 2.65. The van der Waals surface area contributed by atoms with Crippen LogP contribution in [0.25, 0.3) is 10.9 Å². The minimum atomic E-state index is -0.476. The molecule has 1 aromatic heterocycles. The van der Waals surface area contributed by atoms with Crippen LogP contribution in [0.2, 0.25) is 0 Å². The van der Waals surface area contributed by atoms with Gasteiger partial charge in [-0.05, 0) is 49.2 Å². The first-order valence-electron chi connectivity index (χ1n) is 6.93. The Balaban J connectivity index is 2.04. The Labute approximate surface area is 123 Å². The van der Waals surface area contributed by atoms with Gasteiger partial charge in [-0.2, -0.15) is 0 Å². The predicted octanol–water partition coefficient (Wildman–Crippen LogP) is 4.04. The van der Waals surface area contributed by atoms with Gasteiger partial charge < -0.3 is 5.73 Å². The summed E-state index contributed by atoms with van der Waals surface area (Å²) in [4.78, 5) is 4.46. The number of aromatic nitrogens is 1. The van der Waals surface area contributed by atoms with Crippen LogP contribution >= 0.6 is 0 Å². The first kappa shape index (κ1) is 13.7. The molecule has 3 rings (SSSR count). The number of fused-ring (bicyclic) bond motifs is 1. The van der Waals surface area contributed by atoms with Crippen molar-refractivity contribution in [2.24, 2.45) is 5.73 Å². The molecule has 0 bridgehead atoms. The summed E-state index contributed by atoms with van der Waals surface area (Å²) in [5.74, 6) is -0.260. The van der Waals surface area contributed by atoms with Gasteiger partial charge in [0.15, 0.2) is 0 Å². The van der Waals surface area contributed by atoms with Crippen molar-refractivity contribution in [3.8, 4) is 0 Å². The molecule has 0 saturated heterocycles. The Morgan fingerprint density at radius 3 is 2.57 bits per heavy atom. The molecule has 0 radical (unpaired) electrons. The van der Waals surface area contributed by atoms with Crippen LogP contribution in [0.5, 0.6) is 0 Å². The summed E-state index contributed by atoms with van der Waals surface area (Å²) in [6.45, 7) is 3.82. The smallest absolute Gasteiger partial charge is 0.128 e. The Bertz CT molecular complexity index is 811. The number of nitrogens with zero attached hydrogens (tertiary/aromatic N) is 1. The minimum Gasteiger partial charge on any atom is -0.320 e. The lowest BCUT2D eigenvalue weighted by Crippen LogP contribution is -2.13. The maximum absolute atomic E-state index is 14.1. The predicted molar refractivity (Wildman–Crippen MR) is 83.6 cm³/mol. The van der Waals surface area contributed by atoms with E-state index >= 15 is 0 Å². The highest BCUT2D eigenvalue weighted by Gasteiger charge is 2.14. The van der Waals surface area contributed by atoms with Gasteiger partial charge in [-0.25, -0.2) is 4.39 Å². The maximum atomic E-state index is 14.1. The quantitative estimate of drug-likeness (QED) is 0.769. The highest BCUT2D eigenvalue weighted by molar-refractivity contribution is 5.79. The molecule has 1 atom stereocenters. The molecule has 0 aliphatic rings. The van der Waals surface area contributed by atoms with Gasteiger partial charge >= 0.3 is 0 Å². The third-order valence-corrected chi connectivity index (χ3v) is 3.70. The van der Waals surface area contributed by atoms with E-state index in [0.717, 1.165) is 27.7 Å². The standard InChI is InChI=1S/C18H17FN2/c1-11-3-7-15(16(19)9-11)18(20)14-6-8-17-13(10-14)5-4-12(2)21-17/h3-10,18H,20H2,1-2H3. The molecule has 0 spiro atoms. The van der Waals surface area contributed by atoms with E-state index in [0.29, 0.717) is 5.56 Å². The summed E-state index contributed by atoms with van der Waals surface area (Å²) in [7, 11) is 0. The van der Waals surface area contributed by atoms with Gasteiger partial charge in [0.2, 0.25) is 0 Å². The Hall–Kier alpha value is -2.26. The van der Waals surface area contributed by atoms with Gasteiger partial charge in [0.25, 0.3) is 0 Å². The van der Waals surface area contributed by atoms with Crippen LogP contribution in [0.1, 0.15) is 28.4 Å². The van der Waals surface area contributed by atoms with Crippen molar-refractivity contribution in [3.05, 3.63) is 76.7 Å². The number of hydrogen-bond donors (Lipinski definition) is 1. The minimum absolute atomic E-state index is 0.260. The fourth-order valence-electron chi connectivity index (χ4n) is 2.50. The maximum Gasteiger partial charge on any atom is 0.128 e. The molecular formula is C18H17FN2. The van der Waals surface area contributed by atoms with Crippen LogP contribution in [0.3, 0.4) is 0 Å². The van der Waals surface area contributed by atoms with Crippen molar-refractivity contribution in [3.63, 3.8) is 0 Å². The first-order valence-corrected chi connectivity index (χ1v) is 6.93. The van der Waals surface area contributed by atoms with Crippen molar-refractivity contribution in [1.82, 2.24) is 4.98 Å². The molecule has 2 aromatic carbocycles. The monoisotopic (exact) mass is 280 g/mol. The van der Waals surface area contributed by atoms with E-state index in [-0.39, 0.29) is 5.82 Å². The van der Waals surface area contributed by atoms with E-state index in [1.165, 1.54) is 6.07 Å². The molecule has 3 heteroatoms. The summed E-state index contributed by atoms with van der Waals surface area (Å²) in [5, 5.41) is 1.01. The first-order chi connectivity index (χ1) is 10.0. The summed E-state index contributed by atoms with van der Waals surface area (Å²) in [6, 6.07) is 14.5. The average Bonchev–Trinajstić information content (AvgIpc) is 2.46. The average molecular weight is 280 g/mol. The Morgan fingerprint density at radius 2 is 1.81 bits per heavy atom. The summed E-state index contributed by atoms with van der Waals surface area (Å²) >= 11 is 0. The number of benzene rings is 2. The third-order valence-electron chi connectivity index (χ3n) is 3.70. The molecule has 1 unspecified atom stereocenters. The molecule has 3 aromatic rings. The lowest BCUT2D eigenvalue weighted by molar-refractivity contribution is 0.598. The lowest BCUT2D eigenvalue weighted by Gasteiger charge is -2.14.